The van der Waals surface area contributed by atoms with Crippen molar-refractivity contribution < 1.29 is 14.7 Å². The number of rotatable bonds is 4. The van der Waals surface area contributed by atoms with Crippen LogP contribution in [0, 0.1) is 0 Å². The first kappa shape index (κ1) is 18.1. The maximum atomic E-state index is 12.3. The summed E-state index contributed by atoms with van der Waals surface area (Å²) in [5, 5.41) is 16.3. The van der Waals surface area contributed by atoms with Gasteiger partial charge in [0.1, 0.15) is 6.33 Å². The number of carbonyl (C=O) groups excluding carboxylic acids is 2. The third-order valence-corrected chi connectivity index (χ3v) is 4.87. The topological polar surface area (TPSA) is 107 Å². The summed E-state index contributed by atoms with van der Waals surface area (Å²) < 4.78 is 0.589. The average molecular weight is 408 g/mol. The number of carboxylic acid groups (broad SMARTS) is 1. The molecule has 10 heteroatoms. The maximum absolute atomic E-state index is 12.3. The zero-order valence-corrected chi connectivity index (χ0v) is 15.2. The number of anilines is 2. The van der Waals surface area contributed by atoms with Gasteiger partial charge in [-0.05, 0) is 30.4 Å². The Hall–Kier alpha value is -2.68. The van der Waals surface area contributed by atoms with Crippen molar-refractivity contribution in [1.82, 2.24) is 9.97 Å². The lowest BCUT2D eigenvalue weighted by molar-refractivity contribution is -0.297. The molecule has 3 rings (SSSR count). The molecule has 3 aromatic rings. The molecule has 2 aromatic heterocycles. The van der Waals surface area contributed by atoms with E-state index in [-0.39, 0.29) is 11.5 Å². The van der Waals surface area contributed by atoms with Crippen molar-refractivity contribution >= 4 is 74.3 Å². The fourth-order valence-electron chi connectivity index (χ4n) is 2.06. The number of hydrogen-bond donors (Lipinski definition) is 2. The van der Waals surface area contributed by atoms with Gasteiger partial charge in [-0.15, -0.1) is 11.3 Å². The van der Waals surface area contributed by atoms with Gasteiger partial charge in [-0.2, -0.15) is 0 Å². The number of aliphatic carboxylic acids is 1. The standard InChI is InChI=1S/C16H10Cl2N4O3S/c17-9-2-1-3-10(18)13(9)21-16(25)22-15-14-11(19-7-20-15)6-8(26-14)4-5-12(23)24/h1-7H,(H,23,24)(H2,19,20,21,22,25)/p-1/b5-4+. The molecule has 0 spiro atoms. The number of carbonyl (C=O) groups is 2. The Bertz CT molecular complexity index is 1020. The number of thiophene rings is 1. The molecule has 0 unspecified atom stereocenters. The molecule has 0 fully saturated rings. The normalized spacial score (nSPS) is 11.0. The van der Waals surface area contributed by atoms with Crippen LogP contribution in [-0.2, 0) is 4.79 Å². The SMILES string of the molecule is O=C([O-])/C=C/c1cc2ncnc(NC(=O)Nc3c(Cl)cccc3Cl)c2s1. The summed E-state index contributed by atoms with van der Waals surface area (Å²) in [5.41, 5.74) is 0.844. The van der Waals surface area contributed by atoms with Gasteiger partial charge in [-0.1, -0.05) is 29.3 Å². The van der Waals surface area contributed by atoms with Crippen molar-refractivity contribution in [2.24, 2.45) is 0 Å². The molecule has 2 heterocycles. The summed E-state index contributed by atoms with van der Waals surface area (Å²) in [4.78, 5) is 31.6. The molecule has 0 atom stereocenters. The number of benzene rings is 1. The molecule has 0 bridgehead atoms. The largest absolute Gasteiger partial charge is 0.545 e. The second-order valence-corrected chi connectivity index (χ2v) is 6.81. The number of carboxylic acids is 1. The van der Waals surface area contributed by atoms with Gasteiger partial charge in [0.2, 0.25) is 0 Å². The third kappa shape index (κ3) is 4.10. The van der Waals surface area contributed by atoms with Gasteiger partial charge < -0.3 is 15.2 Å². The summed E-state index contributed by atoms with van der Waals surface area (Å²) in [5.74, 6) is -1.03. The summed E-state index contributed by atoms with van der Waals surface area (Å²) in [7, 11) is 0. The van der Waals surface area contributed by atoms with Gasteiger partial charge in [0.15, 0.2) is 5.82 Å². The van der Waals surface area contributed by atoms with E-state index in [0.717, 1.165) is 6.08 Å². The van der Waals surface area contributed by atoms with Crippen LogP contribution in [0.25, 0.3) is 16.3 Å². The highest BCUT2D eigenvalue weighted by atomic mass is 35.5. The molecular weight excluding hydrogens is 399 g/mol. The summed E-state index contributed by atoms with van der Waals surface area (Å²) in [6, 6.07) is 5.95. The van der Waals surface area contributed by atoms with Crippen molar-refractivity contribution in [1.29, 1.82) is 0 Å². The first-order chi connectivity index (χ1) is 12.4. The summed E-state index contributed by atoms with van der Waals surface area (Å²) in [6.07, 6.45) is 3.59. The second kappa shape index (κ2) is 7.69. The van der Waals surface area contributed by atoms with Crippen LogP contribution in [0.2, 0.25) is 10.0 Å². The van der Waals surface area contributed by atoms with E-state index in [2.05, 4.69) is 20.6 Å². The molecule has 0 aliphatic rings. The van der Waals surface area contributed by atoms with Gasteiger partial charge in [0.25, 0.3) is 0 Å². The Morgan fingerprint density at radius 3 is 2.58 bits per heavy atom. The molecule has 0 aliphatic heterocycles. The van der Waals surface area contributed by atoms with E-state index in [9.17, 15) is 14.7 Å². The number of nitrogens with one attached hydrogen (secondary N) is 2. The fraction of sp³-hybridized carbons (Fsp3) is 0. The number of fused-ring (bicyclic) bond motifs is 1. The van der Waals surface area contributed by atoms with Gasteiger partial charge in [-0.25, -0.2) is 14.8 Å². The van der Waals surface area contributed by atoms with Gasteiger partial charge in [0, 0.05) is 4.88 Å². The van der Waals surface area contributed by atoms with Crippen molar-refractivity contribution in [3.63, 3.8) is 0 Å². The lowest BCUT2D eigenvalue weighted by Crippen LogP contribution is -2.20. The highest BCUT2D eigenvalue weighted by molar-refractivity contribution is 7.20. The van der Waals surface area contributed by atoms with Crippen LogP contribution >= 0.6 is 34.5 Å². The molecule has 0 aliphatic carbocycles. The highest BCUT2D eigenvalue weighted by Crippen LogP contribution is 2.32. The minimum Gasteiger partial charge on any atom is -0.545 e. The van der Waals surface area contributed by atoms with E-state index in [4.69, 9.17) is 23.2 Å². The molecule has 7 nitrogen and oxygen atoms in total. The predicted molar refractivity (Wildman–Crippen MR) is 101 cm³/mol. The summed E-state index contributed by atoms with van der Waals surface area (Å²) in [6.45, 7) is 0. The van der Waals surface area contributed by atoms with Gasteiger partial charge >= 0.3 is 6.03 Å². The molecule has 0 saturated heterocycles. The zero-order valence-electron chi connectivity index (χ0n) is 12.8. The van der Waals surface area contributed by atoms with E-state index < -0.39 is 12.0 Å². The Balaban J connectivity index is 1.84. The lowest BCUT2D eigenvalue weighted by atomic mass is 10.3. The minimum absolute atomic E-state index is 0.272. The van der Waals surface area contributed by atoms with Crippen molar-refractivity contribution in [3.05, 3.63) is 51.6 Å². The van der Waals surface area contributed by atoms with Crippen LogP contribution in [0.3, 0.4) is 0 Å². The van der Waals surface area contributed by atoms with Crippen LogP contribution in [0.1, 0.15) is 4.88 Å². The van der Waals surface area contributed by atoms with Crippen LogP contribution in [-0.4, -0.2) is 22.0 Å². The molecule has 26 heavy (non-hydrogen) atoms. The molecule has 1 aromatic carbocycles. The average Bonchev–Trinajstić information content (AvgIpc) is 3.01. The van der Waals surface area contributed by atoms with Crippen LogP contribution in [0.4, 0.5) is 16.3 Å². The molecule has 0 saturated carbocycles. The van der Waals surface area contributed by atoms with Crippen LogP contribution in [0.15, 0.2) is 36.7 Å². The highest BCUT2D eigenvalue weighted by Gasteiger charge is 2.13. The van der Waals surface area contributed by atoms with Crippen molar-refractivity contribution in [3.8, 4) is 0 Å². The lowest BCUT2D eigenvalue weighted by Gasteiger charge is -2.10. The first-order valence-corrected chi connectivity index (χ1v) is 8.67. The van der Waals surface area contributed by atoms with Crippen LogP contribution < -0.4 is 15.7 Å². The Morgan fingerprint density at radius 1 is 1.15 bits per heavy atom. The van der Waals surface area contributed by atoms with E-state index in [1.165, 1.54) is 23.7 Å². The van der Waals surface area contributed by atoms with Crippen LogP contribution in [0.5, 0.6) is 0 Å². The number of urea groups is 1. The van der Waals surface area contributed by atoms with E-state index in [0.29, 0.717) is 25.1 Å². The quantitative estimate of drug-likeness (QED) is 0.644. The molecule has 2 amide bonds. The van der Waals surface area contributed by atoms with E-state index >= 15 is 0 Å². The first-order valence-electron chi connectivity index (χ1n) is 7.09. The zero-order chi connectivity index (χ0) is 18.7. The maximum Gasteiger partial charge on any atom is 0.324 e. The monoisotopic (exact) mass is 407 g/mol. The number of para-hydroxylation sites is 1. The van der Waals surface area contributed by atoms with Gasteiger partial charge in [0.05, 0.1) is 31.9 Å². The number of hydrogen-bond acceptors (Lipinski definition) is 6. The smallest absolute Gasteiger partial charge is 0.324 e. The molecule has 0 radical (unpaired) electrons. The van der Waals surface area contributed by atoms with E-state index in [1.807, 2.05) is 0 Å². The molecular formula is C16H9Cl2N4O3S-. The Labute approximate surface area is 161 Å². The number of nitrogens with zero attached hydrogens (tertiary/aromatic N) is 2. The van der Waals surface area contributed by atoms with Gasteiger partial charge in [-0.3, -0.25) is 5.32 Å². The Kier molecular flexibility index (Phi) is 5.36. The molecule has 2 N–H and O–H groups in total. The fourth-order valence-corrected chi connectivity index (χ4v) is 3.51. The number of halogens is 2. The Morgan fingerprint density at radius 2 is 1.88 bits per heavy atom. The van der Waals surface area contributed by atoms with Crippen molar-refractivity contribution in [2.75, 3.05) is 10.6 Å². The number of amides is 2. The van der Waals surface area contributed by atoms with E-state index in [1.54, 1.807) is 24.3 Å². The van der Waals surface area contributed by atoms with Crippen molar-refractivity contribution in [2.45, 2.75) is 0 Å². The predicted octanol–water partition coefficient (Wildman–Crippen LogP) is 3.41. The summed E-state index contributed by atoms with van der Waals surface area (Å²) >= 11 is 13.3. The second-order valence-electron chi connectivity index (χ2n) is 4.91. The third-order valence-electron chi connectivity index (χ3n) is 3.15. The minimum atomic E-state index is -1.30. The molecule has 132 valence electrons. The number of aromatic nitrogens is 2.